The van der Waals surface area contributed by atoms with Gasteiger partial charge in [0, 0.05) is 15.8 Å². The van der Waals surface area contributed by atoms with Crippen molar-refractivity contribution in [2.45, 2.75) is 19.4 Å². The number of esters is 1. The smallest absolute Gasteiger partial charge is 0.309 e. The number of carbonyl (C=O) groups is 1. The largest absolute Gasteiger partial charge is 0.461 e. The first-order chi connectivity index (χ1) is 17.1. The number of carbonyl (C=O) groups excluding carboxylic acids is 1. The van der Waals surface area contributed by atoms with Gasteiger partial charge in [0.2, 0.25) is 0 Å². The molecule has 35 heavy (non-hydrogen) atoms. The monoisotopic (exact) mass is 476 g/mol. The molecule has 0 atom stereocenters. The maximum Gasteiger partial charge on any atom is 0.309 e. The molecular weight excluding hydrogens is 460 g/mol. The van der Waals surface area contributed by atoms with Crippen molar-refractivity contribution in [2.24, 2.45) is 5.92 Å². The first kappa shape index (κ1) is 21.2. The molecule has 1 fully saturated rings. The van der Waals surface area contributed by atoms with E-state index in [1.165, 1.54) is 0 Å². The zero-order valence-corrected chi connectivity index (χ0v) is 19.2. The molecule has 0 bridgehead atoms. The predicted octanol–water partition coefficient (Wildman–Crippen LogP) is 6.39. The minimum Gasteiger partial charge on any atom is -0.461 e. The molecule has 1 heterocycles. The molecule has 168 valence electrons. The summed E-state index contributed by atoms with van der Waals surface area (Å²) in [4.78, 5) is 20.2. The summed E-state index contributed by atoms with van der Waals surface area (Å²) in [5.74, 6) is 0.365. The maximum atomic E-state index is 12.0. The average molecular weight is 477 g/mol. The van der Waals surface area contributed by atoms with E-state index in [9.17, 15) is 15.3 Å². The number of imidazole rings is 1. The number of nitriles is 2. The number of aromatic nitrogens is 2. The number of fused-ring (bicyclic) bond motifs is 6. The third-order valence-electron chi connectivity index (χ3n) is 6.42. The Bertz CT molecular complexity index is 1740. The number of halogens is 1. The normalized spacial score (nSPS) is 13.1. The first-order valence-corrected chi connectivity index (χ1v) is 11.6. The number of ether oxygens (including phenoxy) is 1. The van der Waals surface area contributed by atoms with E-state index in [4.69, 9.17) is 21.3 Å². The molecule has 1 aliphatic rings. The molecule has 1 saturated carbocycles. The van der Waals surface area contributed by atoms with Crippen molar-refractivity contribution in [1.82, 2.24) is 9.97 Å². The number of benzene rings is 4. The van der Waals surface area contributed by atoms with Crippen molar-refractivity contribution in [2.75, 3.05) is 0 Å². The molecule has 6 rings (SSSR count). The van der Waals surface area contributed by atoms with Gasteiger partial charge in [-0.15, -0.1) is 0 Å². The number of hydrogen-bond acceptors (Lipinski definition) is 5. The lowest BCUT2D eigenvalue weighted by Gasteiger charge is -2.10. The van der Waals surface area contributed by atoms with Crippen molar-refractivity contribution >= 4 is 50.1 Å². The molecule has 1 N–H and O–H groups in total. The van der Waals surface area contributed by atoms with E-state index in [1.54, 1.807) is 18.2 Å². The lowest BCUT2D eigenvalue weighted by Crippen LogP contribution is -2.06. The Morgan fingerprint density at radius 2 is 1.71 bits per heavy atom. The van der Waals surface area contributed by atoms with Gasteiger partial charge in [0.05, 0.1) is 45.8 Å². The summed E-state index contributed by atoms with van der Waals surface area (Å²) in [6, 6.07) is 20.9. The van der Waals surface area contributed by atoms with Gasteiger partial charge in [-0.2, -0.15) is 10.5 Å². The summed E-state index contributed by atoms with van der Waals surface area (Å²) >= 11 is 6.37. The SMILES string of the molecule is N#Cc1cccc(C#N)c1-c1nc2c3ccc(Cl)cc3c3cc(COC(=O)C4CC4)ccc3c2[nH]1. The quantitative estimate of drug-likeness (QED) is 0.239. The molecule has 5 aromatic rings. The van der Waals surface area contributed by atoms with Gasteiger partial charge < -0.3 is 9.72 Å². The second-order valence-electron chi connectivity index (χ2n) is 8.71. The molecule has 0 aliphatic heterocycles. The highest BCUT2D eigenvalue weighted by molar-refractivity contribution is 6.33. The van der Waals surface area contributed by atoms with Crippen molar-refractivity contribution in [1.29, 1.82) is 10.5 Å². The van der Waals surface area contributed by atoms with Gasteiger partial charge in [-0.25, -0.2) is 4.98 Å². The van der Waals surface area contributed by atoms with Crippen molar-refractivity contribution in [3.05, 3.63) is 76.3 Å². The van der Waals surface area contributed by atoms with Crippen LogP contribution >= 0.6 is 11.6 Å². The maximum absolute atomic E-state index is 12.0. The van der Waals surface area contributed by atoms with Gasteiger partial charge in [0.25, 0.3) is 0 Å². The van der Waals surface area contributed by atoms with E-state index in [0.717, 1.165) is 51.0 Å². The van der Waals surface area contributed by atoms with Gasteiger partial charge in [0.15, 0.2) is 0 Å². The van der Waals surface area contributed by atoms with Crippen LogP contribution in [0.1, 0.15) is 29.5 Å². The molecule has 7 heteroatoms. The number of aromatic amines is 1. The molecule has 0 radical (unpaired) electrons. The van der Waals surface area contributed by atoms with Gasteiger partial charge in [-0.05, 0) is 59.5 Å². The van der Waals surface area contributed by atoms with Gasteiger partial charge in [-0.1, -0.05) is 35.9 Å². The topological polar surface area (TPSA) is 103 Å². The fourth-order valence-electron chi connectivity index (χ4n) is 4.53. The molecule has 0 unspecified atom stereocenters. The van der Waals surface area contributed by atoms with Crippen molar-refractivity contribution in [3.63, 3.8) is 0 Å². The van der Waals surface area contributed by atoms with Crippen molar-refractivity contribution in [3.8, 4) is 23.5 Å². The Balaban J connectivity index is 1.59. The molecule has 1 aromatic heterocycles. The zero-order chi connectivity index (χ0) is 24.1. The third kappa shape index (κ3) is 3.56. The van der Waals surface area contributed by atoms with E-state index in [1.807, 2.05) is 36.4 Å². The third-order valence-corrected chi connectivity index (χ3v) is 6.65. The van der Waals surface area contributed by atoms with Crippen LogP contribution < -0.4 is 0 Å². The van der Waals surface area contributed by atoms with E-state index >= 15 is 0 Å². The molecule has 0 saturated heterocycles. The number of H-pyrrole nitrogens is 1. The van der Waals surface area contributed by atoms with Crippen molar-refractivity contribution < 1.29 is 9.53 Å². The first-order valence-electron chi connectivity index (χ1n) is 11.2. The number of rotatable bonds is 4. The number of hydrogen-bond donors (Lipinski definition) is 1. The van der Waals surface area contributed by atoms with Gasteiger partial charge in [-0.3, -0.25) is 4.79 Å². The van der Waals surface area contributed by atoms with Crippen LogP contribution in [-0.4, -0.2) is 15.9 Å². The summed E-state index contributed by atoms with van der Waals surface area (Å²) in [6.07, 6.45) is 1.81. The highest BCUT2D eigenvalue weighted by atomic mass is 35.5. The standard InChI is InChI=1S/C28H17ClN4O2/c29-19-7-9-21-23(11-19)22-10-15(14-35-28(34)16-5-6-16)4-8-20(22)25-26(21)33-27(32-25)24-17(12-30)2-1-3-18(24)13-31/h1-4,7-11,16H,5-6,14H2,(H,32,33). The Morgan fingerprint density at radius 1 is 1.00 bits per heavy atom. The Kier molecular flexibility index (Phi) is 4.91. The highest BCUT2D eigenvalue weighted by Gasteiger charge is 2.31. The number of nitrogens with one attached hydrogen (secondary N) is 1. The summed E-state index contributed by atoms with van der Waals surface area (Å²) in [6.45, 7) is 0.209. The lowest BCUT2D eigenvalue weighted by molar-refractivity contribution is -0.146. The van der Waals surface area contributed by atoms with E-state index in [-0.39, 0.29) is 18.5 Å². The molecule has 4 aromatic carbocycles. The van der Waals surface area contributed by atoms with Crippen LogP contribution in [0.2, 0.25) is 5.02 Å². The summed E-state index contributed by atoms with van der Waals surface area (Å²) in [5.41, 5.74) is 3.63. The Labute approximate surface area is 205 Å². The van der Waals surface area contributed by atoms with Crippen LogP contribution in [0.3, 0.4) is 0 Å². The van der Waals surface area contributed by atoms with Gasteiger partial charge in [0.1, 0.15) is 12.4 Å². The van der Waals surface area contributed by atoms with E-state index in [2.05, 4.69) is 17.1 Å². The zero-order valence-electron chi connectivity index (χ0n) is 18.4. The predicted molar refractivity (Wildman–Crippen MR) is 134 cm³/mol. The van der Waals surface area contributed by atoms with Crippen LogP contribution in [0, 0.1) is 28.6 Å². The average Bonchev–Trinajstić information content (AvgIpc) is 3.65. The fraction of sp³-hybridized carbons (Fsp3) is 0.143. The van der Waals surface area contributed by atoms with Crippen LogP contribution in [0.5, 0.6) is 0 Å². The molecular formula is C28H17ClN4O2. The minimum absolute atomic E-state index is 0.0488. The summed E-state index contributed by atoms with van der Waals surface area (Å²) in [7, 11) is 0. The van der Waals surface area contributed by atoms with Crippen LogP contribution in [0.25, 0.3) is 44.0 Å². The summed E-state index contributed by atoms with van der Waals surface area (Å²) in [5, 5.41) is 23.6. The van der Waals surface area contributed by atoms with E-state index in [0.29, 0.717) is 27.5 Å². The molecule has 6 nitrogen and oxygen atoms in total. The fourth-order valence-corrected chi connectivity index (χ4v) is 4.71. The number of nitrogens with zero attached hydrogens (tertiary/aromatic N) is 3. The Hall–Kier alpha value is -4.39. The second-order valence-corrected chi connectivity index (χ2v) is 9.15. The minimum atomic E-state index is -0.142. The second kappa shape index (κ2) is 8.13. The van der Waals surface area contributed by atoms with Gasteiger partial charge >= 0.3 is 5.97 Å². The Morgan fingerprint density at radius 3 is 2.43 bits per heavy atom. The molecule has 0 spiro atoms. The van der Waals surface area contributed by atoms with Crippen LogP contribution in [0.4, 0.5) is 0 Å². The van der Waals surface area contributed by atoms with E-state index < -0.39 is 0 Å². The van der Waals surface area contributed by atoms with Crippen LogP contribution in [0.15, 0.2) is 54.6 Å². The summed E-state index contributed by atoms with van der Waals surface area (Å²) < 4.78 is 5.49. The molecule has 0 amide bonds. The van der Waals surface area contributed by atoms with Crippen LogP contribution in [-0.2, 0) is 16.1 Å². The molecule has 1 aliphatic carbocycles. The highest BCUT2D eigenvalue weighted by Crippen LogP contribution is 2.38. The lowest BCUT2D eigenvalue weighted by atomic mass is 9.98.